The number of benzene rings is 1. The predicted octanol–water partition coefficient (Wildman–Crippen LogP) is 3.09. The molecule has 0 saturated heterocycles. The van der Waals surface area contributed by atoms with Gasteiger partial charge in [-0.3, -0.25) is 4.99 Å². The average Bonchev–Trinajstić information content (AvgIpc) is 2.17. The highest BCUT2D eigenvalue weighted by Crippen LogP contribution is 2.15. The monoisotopic (exact) mass is 211 g/mol. The van der Waals surface area contributed by atoms with E-state index in [1.165, 1.54) is 0 Å². The van der Waals surface area contributed by atoms with Crippen molar-refractivity contribution in [2.24, 2.45) is 4.99 Å². The molecular weight excluding hydrogens is 198 g/mol. The minimum absolute atomic E-state index is 0.203. The number of hydrogen-bond acceptors (Lipinski definition) is 2. The molecule has 1 rings (SSSR count). The van der Waals surface area contributed by atoms with Gasteiger partial charge < -0.3 is 4.74 Å². The minimum Gasteiger partial charge on any atom is -0.497 e. The standard InChI is InChI=1S/C11H14ClNO/c1-8(2)13-11(12)9-5-4-6-10(7-9)14-3/h4-8H,1-3H3/b13-11-. The van der Waals surface area contributed by atoms with Gasteiger partial charge in [0.15, 0.2) is 0 Å². The summed E-state index contributed by atoms with van der Waals surface area (Å²) >= 11 is 6.02. The Hall–Kier alpha value is -1.02. The lowest BCUT2D eigenvalue weighted by molar-refractivity contribution is 0.414. The normalized spacial score (nSPS) is 11.9. The fourth-order valence-corrected chi connectivity index (χ4v) is 1.37. The first-order chi connectivity index (χ1) is 6.63. The summed E-state index contributed by atoms with van der Waals surface area (Å²) in [5.74, 6) is 0.791. The second-order valence-electron chi connectivity index (χ2n) is 3.25. The van der Waals surface area contributed by atoms with Gasteiger partial charge in [0.25, 0.3) is 0 Å². The van der Waals surface area contributed by atoms with Gasteiger partial charge >= 0.3 is 0 Å². The fourth-order valence-electron chi connectivity index (χ4n) is 1.05. The maximum Gasteiger partial charge on any atom is 0.131 e. The van der Waals surface area contributed by atoms with Crippen LogP contribution in [-0.4, -0.2) is 18.3 Å². The molecule has 2 nitrogen and oxygen atoms in total. The van der Waals surface area contributed by atoms with Crippen LogP contribution < -0.4 is 4.74 Å². The van der Waals surface area contributed by atoms with E-state index >= 15 is 0 Å². The first-order valence-corrected chi connectivity index (χ1v) is 4.89. The molecule has 0 aromatic heterocycles. The zero-order chi connectivity index (χ0) is 10.6. The van der Waals surface area contributed by atoms with Crippen molar-refractivity contribution in [2.45, 2.75) is 19.9 Å². The van der Waals surface area contributed by atoms with Crippen LogP contribution in [-0.2, 0) is 0 Å². The van der Waals surface area contributed by atoms with Crippen LogP contribution >= 0.6 is 11.6 Å². The molecule has 0 aliphatic rings. The first-order valence-electron chi connectivity index (χ1n) is 4.51. The Balaban J connectivity index is 2.95. The van der Waals surface area contributed by atoms with Crippen LogP contribution in [0.2, 0.25) is 0 Å². The lowest BCUT2D eigenvalue weighted by Crippen LogP contribution is -1.98. The Bertz CT molecular complexity index is 334. The van der Waals surface area contributed by atoms with Crippen LogP contribution in [0.25, 0.3) is 0 Å². The largest absolute Gasteiger partial charge is 0.497 e. The molecule has 1 aromatic rings. The third kappa shape index (κ3) is 3.04. The molecule has 0 bridgehead atoms. The molecule has 0 radical (unpaired) electrons. The van der Waals surface area contributed by atoms with E-state index in [1.54, 1.807) is 7.11 Å². The SMILES string of the molecule is COc1cccc(/C(Cl)=N/C(C)C)c1. The topological polar surface area (TPSA) is 21.6 Å². The zero-order valence-corrected chi connectivity index (χ0v) is 9.38. The smallest absolute Gasteiger partial charge is 0.131 e. The van der Waals surface area contributed by atoms with Crippen LogP contribution in [0, 0.1) is 0 Å². The van der Waals surface area contributed by atoms with Crippen molar-refractivity contribution in [3.8, 4) is 5.75 Å². The molecule has 3 heteroatoms. The van der Waals surface area contributed by atoms with E-state index in [2.05, 4.69) is 4.99 Å². The number of aliphatic imine (C=N–C) groups is 1. The average molecular weight is 212 g/mol. The van der Waals surface area contributed by atoms with Crippen molar-refractivity contribution >= 4 is 16.8 Å². The number of hydrogen-bond donors (Lipinski definition) is 0. The van der Waals surface area contributed by atoms with Crippen molar-refractivity contribution in [3.63, 3.8) is 0 Å². The van der Waals surface area contributed by atoms with E-state index in [0.717, 1.165) is 11.3 Å². The molecule has 14 heavy (non-hydrogen) atoms. The van der Waals surface area contributed by atoms with E-state index < -0.39 is 0 Å². The maximum absolute atomic E-state index is 6.02. The zero-order valence-electron chi connectivity index (χ0n) is 8.62. The molecule has 0 unspecified atom stereocenters. The van der Waals surface area contributed by atoms with Gasteiger partial charge in [0.2, 0.25) is 0 Å². The summed E-state index contributed by atoms with van der Waals surface area (Å²) in [5.41, 5.74) is 0.889. The summed E-state index contributed by atoms with van der Waals surface area (Å²) in [5, 5.41) is 0.527. The van der Waals surface area contributed by atoms with Crippen LogP contribution in [0.3, 0.4) is 0 Å². The van der Waals surface area contributed by atoms with Crippen molar-refractivity contribution in [1.29, 1.82) is 0 Å². The second kappa shape index (κ2) is 5.01. The van der Waals surface area contributed by atoms with Crippen molar-refractivity contribution in [2.75, 3.05) is 7.11 Å². The highest BCUT2D eigenvalue weighted by molar-refractivity contribution is 6.69. The van der Waals surface area contributed by atoms with E-state index in [1.807, 2.05) is 38.1 Å². The van der Waals surface area contributed by atoms with E-state index in [9.17, 15) is 0 Å². The molecule has 76 valence electrons. The van der Waals surface area contributed by atoms with Crippen molar-refractivity contribution in [3.05, 3.63) is 29.8 Å². The number of rotatable bonds is 3. The summed E-state index contributed by atoms with van der Waals surface area (Å²) in [6.07, 6.45) is 0. The highest BCUT2D eigenvalue weighted by atomic mass is 35.5. The van der Waals surface area contributed by atoms with Gasteiger partial charge in [0.1, 0.15) is 10.9 Å². The number of ether oxygens (including phenoxy) is 1. The third-order valence-electron chi connectivity index (χ3n) is 1.68. The Labute approximate surface area is 89.6 Å². The van der Waals surface area contributed by atoms with Crippen LogP contribution in [0.1, 0.15) is 19.4 Å². The lowest BCUT2D eigenvalue weighted by Gasteiger charge is -2.03. The minimum atomic E-state index is 0.203. The second-order valence-corrected chi connectivity index (χ2v) is 3.60. The Kier molecular flexibility index (Phi) is 3.96. The molecule has 0 saturated carbocycles. The Morgan fingerprint density at radius 3 is 2.71 bits per heavy atom. The van der Waals surface area contributed by atoms with E-state index in [4.69, 9.17) is 16.3 Å². The van der Waals surface area contributed by atoms with Crippen LogP contribution in [0.5, 0.6) is 5.75 Å². The molecule has 1 aromatic carbocycles. The summed E-state index contributed by atoms with van der Waals surface area (Å²) in [6, 6.07) is 7.76. The molecule has 0 atom stereocenters. The molecule has 0 aliphatic heterocycles. The third-order valence-corrected chi connectivity index (χ3v) is 2.00. The van der Waals surface area contributed by atoms with E-state index in [-0.39, 0.29) is 6.04 Å². The maximum atomic E-state index is 6.02. The summed E-state index contributed by atoms with van der Waals surface area (Å²) in [4.78, 5) is 4.25. The van der Waals surface area contributed by atoms with Gasteiger partial charge in [-0.1, -0.05) is 23.7 Å². The molecule has 0 amide bonds. The van der Waals surface area contributed by atoms with E-state index in [0.29, 0.717) is 5.17 Å². The Morgan fingerprint density at radius 1 is 1.43 bits per heavy atom. The van der Waals surface area contributed by atoms with Crippen molar-refractivity contribution in [1.82, 2.24) is 0 Å². The number of methoxy groups -OCH3 is 1. The number of halogens is 1. The predicted molar refractivity (Wildman–Crippen MR) is 60.5 cm³/mol. The molecule has 0 aliphatic carbocycles. The highest BCUT2D eigenvalue weighted by Gasteiger charge is 2.01. The van der Waals surface area contributed by atoms with Gasteiger partial charge in [0.05, 0.1) is 7.11 Å². The van der Waals surface area contributed by atoms with Crippen LogP contribution in [0.15, 0.2) is 29.3 Å². The van der Waals surface area contributed by atoms with Gasteiger partial charge in [-0.25, -0.2) is 0 Å². The molecule has 0 N–H and O–H groups in total. The molecular formula is C11H14ClNO. The van der Waals surface area contributed by atoms with Gasteiger partial charge in [-0.05, 0) is 26.0 Å². The summed E-state index contributed by atoms with van der Waals surface area (Å²) in [7, 11) is 1.63. The van der Waals surface area contributed by atoms with Crippen molar-refractivity contribution < 1.29 is 4.74 Å². The number of nitrogens with zero attached hydrogens (tertiary/aromatic N) is 1. The summed E-state index contributed by atoms with van der Waals surface area (Å²) in [6.45, 7) is 3.98. The Morgan fingerprint density at radius 2 is 2.14 bits per heavy atom. The molecule has 0 spiro atoms. The molecule has 0 heterocycles. The van der Waals surface area contributed by atoms with Gasteiger partial charge in [0, 0.05) is 11.6 Å². The summed E-state index contributed by atoms with van der Waals surface area (Å²) < 4.78 is 5.10. The van der Waals surface area contributed by atoms with Crippen LogP contribution in [0.4, 0.5) is 0 Å². The quantitative estimate of drug-likeness (QED) is 0.705. The fraction of sp³-hybridized carbons (Fsp3) is 0.364. The molecule has 0 fully saturated rings. The first kappa shape index (κ1) is 11.1. The van der Waals surface area contributed by atoms with Gasteiger partial charge in [-0.15, -0.1) is 0 Å². The van der Waals surface area contributed by atoms with Gasteiger partial charge in [-0.2, -0.15) is 0 Å². The lowest BCUT2D eigenvalue weighted by atomic mass is 10.2.